The van der Waals surface area contributed by atoms with Crippen LogP contribution in [0.1, 0.15) is 59.6 Å². The molecule has 0 radical (unpaired) electrons. The molecule has 1 aromatic heterocycles. The molecule has 11 heteroatoms. The van der Waals surface area contributed by atoms with Crippen LogP contribution in [0.25, 0.3) is 0 Å². The van der Waals surface area contributed by atoms with Gasteiger partial charge in [-0.2, -0.15) is 0 Å². The van der Waals surface area contributed by atoms with E-state index in [1.54, 1.807) is 23.1 Å². The molecule has 3 amide bonds. The van der Waals surface area contributed by atoms with E-state index in [2.05, 4.69) is 20.8 Å². The molecule has 2 N–H and O–H groups in total. The van der Waals surface area contributed by atoms with Gasteiger partial charge in [0.05, 0.1) is 0 Å². The number of anilines is 1. The van der Waals surface area contributed by atoms with E-state index in [-0.39, 0.29) is 40.1 Å². The highest BCUT2D eigenvalue weighted by atomic mass is 32.1. The fraction of sp³-hybridized carbons (Fsp3) is 0.500. The first-order valence-electron chi connectivity index (χ1n) is 10.9. The second-order valence-electron chi connectivity index (χ2n) is 8.73. The minimum Gasteiger partial charge on any atom is -0.454 e. The highest BCUT2D eigenvalue weighted by Gasteiger charge is 2.31. The number of ether oxygens (including phenoxy) is 2. The molecule has 1 fully saturated rings. The molecule has 0 saturated carbocycles. The third-order valence-electron chi connectivity index (χ3n) is 5.93. The van der Waals surface area contributed by atoms with Gasteiger partial charge in [-0.05, 0) is 45.2 Å². The Morgan fingerprint density at radius 3 is 2.55 bits per heavy atom. The molecule has 0 spiro atoms. The summed E-state index contributed by atoms with van der Waals surface area (Å²) in [6, 6.07) is 5.07. The Morgan fingerprint density at radius 2 is 1.82 bits per heavy atom. The van der Waals surface area contributed by atoms with Gasteiger partial charge < -0.3 is 25.0 Å². The Balaban J connectivity index is 1.32. The van der Waals surface area contributed by atoms with Crippen LogP contribution in [-0.2, 0) is 4.79 Å². The second kappa shape index (κ2) is 9.34. The fourth-order valence-electron chi connectivity index (χ4n) is 3.56. The first-order chi connectivity index (χ1) is 15.8. The van der Waals surface area contributed by atoms with Crippen LogP contribution in [0.15, 0.2) is 18.2 Å². The number of likely N-dealkylation sites (tertiary alicyclic amines) is 1. The molecule has 0 atom stereocenters. The summed E-state index contributed by atoms with van der Waals surface area (Å²) >= 11 is 0.945. The van der Waals surface area contributed by atoms with E-state index in [0.29, 0.717) is 43.1 Å². The van der Waals surface area contributed by atoms with Gasteiger partial charge in [0, 0.05) is 36.3 Å². The molecule has 3 heterocycles. The van der Waals surface area contributed by atoms with Gasteiger partial charge in [0.25, 0.3) is 11.8 Å². The summed E-state index contributed by atoms with van der Waals surface area (Å²) in [5.41, 5.74) is 0.285. The minimum absolute atomic E-state index is 0.0346. The van der Waals surface area contributed by atoms with Crippen molar-refractivity contribution in [2.45, 2.75) is 45.6 Å². The molecule has 1 saturated heterocycles. The molecule has 0 unspecified atom stereocenters. The van der Waals surface area contributed by atoms with Gasteiger partial charge in [0.15, 0.2) is 11.5 Å². The molecular weight excluding hydrogens is 446 g/mol. The van der Waals surface area contributed by atoms with Crippen LogP contribution < -0.4 is 20.1 Å². The Morgan fingerprint density at radius 1 is 1.12 bits per heavy atom. The summed E-state index contributed by atoms with van der Waals surface area (Å²) in [4.78, 5) is 39.6. The van der Waals surface area contributed by atoms with Crippen LogP contribution in [0, 0.1) is 5.92 Å². The Hall–Kier alpha value is -3.21. The lowest BCUT2D eigenvalue weighted by molar-refractivity contribution is -0.128. The molecule has 1 aromatic carbocycles. The number of nitrogens with zero attached hydrogens (tertiary/aromatic N) is 3. The van der Waals surface area contributed by atoms with Gasteiger partial charge in [-0.15, -0.1) is 10.2 Å². The predicted molar refractivity (Wildman–Crippen MR) is 122 cm³/mol. The summed E-state index contributed by atoms with van der Waals surface area (Å²) in [6.45, 7) is 7.10. The van der Waals surface area contributed by atoms with E-state index in [0.717, 1.165) is 17.8 Å². The van der Waals surface area contributed by atoms with Crippen LogP contribution in [-0.4, -0.2) is 58.2 Å². The number of fused-ring (bicyclic) bond motifs is 1. The van der Waals surface area contributed by atoms with Crippen molar-refractivity contribution in [3.8, 4) is 11.5 Å². The number of hydrogen-bond donors (Lipinski definition) is 2. The normalized spacial score (nSPS) is 15.9. The van der Waals surface area contributed by atoms with Gasteiger partial charge in [0.1, 0.15) is 0 Å². The van der Waals surface area contributed by atoms with Gasteiger partial charge in [-0.1, -0.05) is 18.3 Å². The number of amides is 3. The zero-order valence-corrected chi connectivity index (χ0v) is 19.7. The molecule has 4 rings (SSSR count). The molecule has 2 aliphatic heterocycles. The van der Waals surface area contributed by atoms with E-state index in [1.807, 2.05) is 20.8 Å². The molecule has 2 aliphatic rings. The predicted octanol–water partition coefficient (Wildman–Crippen LogP) is 2.68. The van der Waals surface area contributed by atoms with Crippen LogP contribution in [0.4, 0.5) is 5.69 Å². The summed E-state index contributed by atoms with van der Waals surface area (Å²) < 4.78 is 10.6. The fourth-order valence-corrected chi connectivity index (χ4v) is 4.27. The molecular formula is C22H27N5O5S. The topological polar surface area (TPSA) is 123 Å². The first kappa shape index (κ1) is 23.0. The Bertz CT molecular complexity index is 1060. The minimum atomic E-state index is -0.459. The number of piperidine rings is 1. The van der Waals surface area contributed by atoms with Crippen LogP contribution in [0.2, 0.25) is 0 Å². The lowest BCUT2D eigenvalue weighted by Crippen LogP contribution is -2.48. The Kier molecular flexibility index (Phi) is 6.50. The average molecular weight is 474 g/mol. The van der Waals surface area contributed by atoms with E-state index < -0.39 is 5.91 Å². The SMILES string of the molecule is CCC(C)(C)NC(=O)C1CCN(C(=O)c2nnc(C(=O)Nc3ccc4c(c3)OCO4)s2)CC1. The first-order valence-corrected chi connectivity index (χ1v) is 11.7. The highest BCUT2D eigenvalue weighted by molar-refractivity contribution is 7.15. The monoisotopic (exact) mass is 473 g/mol. The summed E-state index contributed by atoms with van der Waals surface area (Å²) in [5, 5.41) is 13.8. The van der Waals surface area contributed by atoms with Gasteiger partial charge >= 0.3 is 0 Å². The summed E-state index contributed by atoms with van der Waals surface area (Å²) in [6.07, 6.45) is 2.03. The number of rotatable bonds is 6. The third-order valence-corrected chi connectivity index (χ3v) is 6.84. The largest absolute Gasteiger partial charge is 0.454 e. The van der Waals surface area contributed by atoms with Crippen molar-refractivity contribution in [1.29, 1.82) is 0 Å². The number of carbonyl (C=O) groups excluding carboxylic acids is 3. The van der Waals surface area contributed by atoms with Crippen LogP contribution in [0.3, 0.4) is 0 Å². The number of hydrogen-bond acceptors (Lipinski definition) is 8. The lowest BCUT2D eigenvalue weighted by atomic mass is 9.93. The van der Waals surface area contributed by atoms with E-state index in [4.69, 9.17) is 9.47 Å². The number of aromatic nitrogens is 2. The zero-order valence-electron chi connectivity index (χ0n) is 18.8. The smallest absolute Gasteiger partial charge is 0.286 e. The Labute approximate surface area is 195 Å². The van der Waals surface area contributed by atoms with Gasteiger partial charge in [-0.25, -0.2) is 0 Å². The summed E-state index contributed by atoms with van der Waals surface area (Å²) in [5.74, 6) is 0.356. The van der Waals surface area contributed by atoms with Gasteiger partial charge in [0.2, 0.25) is 22.7 Å². The van der Waals surface area contributed by atoms with Crippen molar-refractivity contribution < 1.29 is 23.9 Å². The van der Waals surface area contributed by atoms with Crippen molar-refractivity contribution >= 4 is 34.7 Å². The maximum atomic E-state index is 12.8. The van der Waals surface area contributed by atoms with Gasteiger partial charge in [-0.3, -0.25) is 14.4 Å². The lowest BCUT2D eigenvalue weighted by Gasteiger charge is -2.33. The maximum Gasteiger partial charge on any atom is 0.286 e. The third kappa shape index (κ3) is 5.24. The molecule has 2 aromatic rings. The standard InChI is InChI=1S/C22H27N5O5S/c1-4-22(2,3)24-17(28)13-7-9-27(10-8-13)21(30)20-26-25-19(33-20)18(29)23-14-5-6-15-16(11-14)32-12-31-15/h5-6,11,13H,4,7-10,12H2,1-3H3,(H,23,29)(H,24,28). The van der Waals surface area contributed by atoms with Crippen molar-refractivity contribution in [1.82, 2.24) is 20.4 Å². The molecule has 10 nitrogen and oxygen atoms in total. The molecule has 0 bridgehead atoms. The average Bonchev–Trinajstić information content (AvgIpc) is 3.48. The van der Waals surface area contributed by atoms with E-state index in [9.17, 15) is 14.4 Å². The molecule has 33 heavy (non-hydrogen) atoms. The van der Waals surface area contributed by atoms with Crippen molar-refractivity contribution in [3.05, 3.63) is 28.2 Å². The zero-order chi connectivity index (χ0) is 23.6. The van der Waals surface area contributed by atoms with Crippen molar-refractivity contribution in [3.63, 3.8) is 0 Å². The van der Waals surface area contributed by atoms with Crippen LogP contribution >= 0.6 is 11.3 Å². The van der Waals surface area contributed by atoms with E-state index >= 15 is 0 Å². The second-order valence-corrected chi connectivity index (χ2v) is 9.71. The number of nitrogens with one attached hydrogen (secondary N) is 2. The van der Waals surface area contributed by atoms with Crippen molar-refractivity contribution in [2.75, 3.05) is 25.2 Å². The van der Waals surface area contributed by atoms with E-state index in [1.165, 1.54) is 0 Å². The van der Waals surface area contributed by atoms with Crippen molar-refractivity contribution in [2.24, 2.45) is 5.92 Å². The molecule has 0 aliphatic carbocycles. The van der Waals surface area contributed by atoms with Crippen LogP contribution in [0.5, 0.6) is 11.5 Å². The summed E-state index contributed by atoms with van der Waals surface area (Å²) in [7, 11) is 0. The number of carbonyl (C=O) groups is 3. The maximum absolute atomic E-state index is 12.8. The molecule has 176 valence electrons. The number of benzene rings is 1. The highest BCUT2D eigenvalue weighted by Crippen LogP contribution is 2.34. The quantitative estimate of drug-likeness (QED) is 0.661.